The smallest absolute Gasteiger partial charge is 0.308 e. The summed E-state index contributed by atoms with van der Waals surface area (Å²) >= 11 is 0. The lowest BCUT2D eigenvalue weighted by Gasteiger charge is -2.11. The first kappa shape index (κ1) is 17.5. The van der Waals surface area contributed by atoms with E-state index in [4.69, 9.17) is 0 Å². The number of benzene rings is 1. The third kappa shape index (κ3) is 3.26. The Balaban J connectivity index is 1.81. The van der Waals surface area contributed by atoms with Crippen molar-refractivity contribution in [3.63, 3.8) is 0 Å². The molecule has 1 heterocycles. The van der Waals surface area contributed by atoms with E-state index in [0.29, 0.717) is 0 Å². The van der Waals surface area contributed by atoms with Crippen molar-refractivity contribution < 1.29 is 26.4 Å². The zero-order valence-electron chi connectivity index (χ0n) is 13.0. The number of aromatic nitrogens is 2. The van der Waals surface area contributed by atoms with Crippen LogP contribution in [0.5, 0.6) is 0 Å². The van der Waals surface area contributed by atoms with E-state index in [1.807, 2.05) is 0 Å². The Morgan fingerprint density at radius 3 is 2.52 bits per heavy atom. The van der Waals surface area contributed by atoms with Gasteiger partial charge < -0.3 is 5.32 Å². The lowest BCUT2D eigenvalue weighted by Crippen LogP contribution is -2.36. The average molecular weight is 373 g/mol. The van der Waals surface area contributed by atoms with Crippen molar-refractivity contribution in [2.24, 2.45) is 0 Å². The fourth-order valence-electron chi connectivity index (χ4n) is 2.47. The van der Waals surface area contributed by atoms with Gasteiger partial charge in [-0.15, -0.1) is 0 Å². The van der Waals surface area contributed by atoms with Crippen LogP contribution in [-0.2, 0) is 20.8 Å². The number of nitrogens with one attached hydrogen (secondary N) is 1. The van der Waals surface area contributed by atoms with Crippen LogP contribution < -0.4 is 5.32 Å². The summed E-state index contributed by atoms with van der Waals surface area (Å²) in [7, 11) is -3.55. The predicted octanol–water partition coefficient (Wildman–Crippen LogP) is 2.41. The highest BCUT2D eigenvalue weighted by atomic mass is 32.2. The molecule has 6 nitrogen and oxygen atoms in total. The van der Waals surface area contributed by atoms with Gasteiger partial charge in [0, 0.05) is 18.5 Å². The van der Waals surface area contributed by atoms with Crippen LogP contribution in [0.3, 0.4) is 0 Å². The lowest BCUT2D eigenvalue weighted by molar-refractivity contribution is -0.137. The molecular weight excluding hydrogens is 359 g/mol. The van der Waals surface area contributed by atoms with Crippen LogP contribution in [0.15, 0.2) is 36.5 Å². The Labute approximate surface area is 141 Å². The Morgan fingerprint density at radius 1 is 1.28 bits per heavy atom. The Kier molecular flexibility index (Phi) is 3.90. The van der Waals surface area contributed by atoms with Crippen LogP contribution >= 0.6 is 0 Å². The lowest BCUT2D eigenvalue weighted by atomic mass is 10.2. The van der Waals surface area contributed by atoms with Gasteiger partial charge in [-0.25, -0.2) is 13.1 Å². The van der Waals surface area contributed by atoms with Crippen molar-refractivity contribution in [1.82, 2.24) is 9.78 Å². The molecule has 0 spiro atoms. The van der Waals surface area contributed by atoms with Crippen molar-refractivity contribution >= 4 is 21.6 Å². The van der Waals surface area contributed by atoms with Crippen molar-refractivity contribution in [3.05, 3.63) is 42.1 Å². The molecule has 3 rings (SSSR count). The summed E-state index contributed by atoms with van der Waals surface area (Å²) in [5.74, 6) is -0.610. The molecule has 0 aliphatic heterocycles. The molecule has 1 amide bonds. The topological polar surface area (TPSA) is 81.1 Å². The van der Waals surface area contributed by atoms with E-state index < -0.39 is 32.2 Å². The summed E-state index contributed by atoms with van der Waals surface area (Å²) in [6, 6.07) is 5.94. The van der Waals surface area contributed by atoms with Crippen molar-refractivity contribution in [1.29, 1.82) is 0 Å². The van der Waals surface area contributed by atoms with E-state index in [1.54, 1.807) is 0 Å². The fourth-order valence-corrected chi connectivity index (χ4v) is 3.70. The molecule has 25 heavy (non-hydrogen) atoms. The normalized spacial score (nSPS) is 16.5. The number of amides is 1. The molecule has 1 N–H and O–H groups in total. The Morgan fingerprint density at radius 2 is 1.96 bits per heavy atom. The first-order valence-electron chi connectivity index (χ1n) is 7.27. The highest BCUT2D eigenvalue weighted by molar-refractivity contribution is 7.93. The second kappa shape index (κ2) is 5.58. The molecular formula is C15H14F3N3O3S. The third-order valence-corrected chi connectivity index (χ3v) is 6.11. The Bertz CT molecular complexity index is 931. The maximum atomic E-state index is 12.8. The molecule has 0 bridgehead atoms. The minimum absolute atomic E-state index is 0.0670. The quantitative estimate of drug-likeness (QED) is 0.892. The van der Waals surface area contributed by atoms with Gasteiger partial charge in [-0.3, -0.25) is 4.79 Å². The maximum absolute atomic E-state index is 12.8. The molecule has 134 valence electrons. The predicted molar refractivity (Wildman–Crippen MR) is 84.0 cm³/mol. The van der Waals surface area contributed by atoms with Crippen molar-refractivity contribution in [3.8, 4) is 5.69 Å². The van der Waals surface area contributed by atoms with E-state index in [0.717, 1.165) is 18.4 Å². The van der Waals surface area contributed by atoms with Gasteiger partial charge in [0.15, 0.2) is 20.4 Å². The van der Waals surface area contributed by atoms with Crippen molar-refractivity contribution in [2.45, 2.75) is 23.8 Å². The summed E-state index contributed by atoms with van der Waals surface area (Å²) in [4.78, 5) is 12.2. The van der Waals surface area contributed by atoms with Crippen LogP contribution in [0.1, 0.15) is 18.4 Å². The Hall–Kier alpha value is -2.36. The van der Waals surface area contributed by atoms with Crippen LogP contribution in [0, 0.1) is 0 Å². The highest BCUT2D eigenvalue weighted by Crippen LogP contribution is 2.44. The van der Waals surface area contributed by atoms with Crippen LogP contribution in [0.2, 0.25) is 0 Å². The number of anilines is 1. The second-order valence-corrected chi connectivity index (χ2v) is 8.24. The van der Waals surface area contributed by atoms with Crippen LogP contribution in [0.4, 0.5) is 19.0 Å². The van der Waals surface area contributed by atoms with Crippen LogP contribution in [0.25, 0.3) is 5.69 Å². The molecule has 1 aliphatic carbocycles. The minimum atomic E-state index is -4.48. The summed E-state index contributed by atoms with van der Waals surface area (Å²) in [5.41, 5.74) is -0.653. The average Bonchev–Trinajstić information content (AvgIpc) is 3.22. The minimum Gasteiger partial charge on any atom is -0.308 e. The van der Waals surface area contributed by atoms with Crippen molar-refractivity contribution in [2.75, 3.05) is 11.6 Å². The van der Waals surface area contributed by atoms with E-state index in [9.17, 15) is 26.4 Å². The number of rotatable bonds is 4. The standard InChI is InChI=1S/C15H14F3N3O3S/c1-25(23,24)14(6-7-14)13(22)19-12-5-8-21(20-12)11-4-2-3-10(9-11)15(16,17)18/h2-5,8-9H,6-7H2,1H3,(H,19,20,22). The number of hydrogen-bond donors (Lipinski definition) is 1. The molecule has 0 unspecified atom stereocenters. The van der Waals surface area contributed by atoms with E-state index in [2.05, 4.69) is 10.4 Å². The first-order chi connectivity index (χ1) is 11.5. The monoisotopic (exact) mass is 373 g/mol. The van der Waals surface area contributed by atoms with E-state index in [-0.39, 0.29) is 24.3 Å². The summed E-state index contributed by atoms with van der Waals surface area (Å²) in [5, 5.41) is 6.40. The number of halogens is 3. The number of alkyl halides is 3. The summed E-state index contributed by atoms with van der Waals surface area (Å²) in [6.07, 6.45) is -1.61. The molecule has 1 fully saturated rings. The largest absolute Gasteiger partial charge is 0.416 e. The number of sulfone groups is 1. The number of carbonyl (C=O) groups excluding carboxylic acids is 1. The molecule has 2 aromatic rings. The molecule has 0 radical (unpaired) electrons. The molecule has 0 atom stereocenters. The van der Waals surface area contributed by atoms with Gasteiger partial charge in [-0.1, -0.05) is 6.07 Å². The van der Waals surface area contributed by atoms with E-state index >= 15 is 0 Å². The highest BCUT2D eigenvalue weighted by Gasteiger charge is 2.58. The van der Waals surface area contributed by atoms with Gasteiger partial charge >= 0.3 is 6.18 Å². The molecule has 1 aliphatic rings. The fraction of sp³-hybridized carbons (Fsp3) is 0.333. The number of hydrogen-bond acceptors (Lipinski definition) is 4. The number of carbonyl (C=O) groups is 1. The van der Waals surface area contributed by atoms with E-state index in [1.165, 1.54) is 29.1 Å². The molecule has 1 aromatic carbocycles. The van der Waals surface area contributed by atoms with Crippen LogP contribution in [-0.4, -0.2) is 35.1 Å². The first-order valence-corrected chi connectivity index (χ1v) is 9.16. The zero-order valence-corrected chi connectivity index (χ0v) is 13.9. The molecule has 0 saturated heterocycles. The SMILES string of the molecule is CS(=O)(=O)C1(C(=O)Nc2ccn(-c3cccc(C(F)(F)F)c3)n2)CC1. The third-order valence-electron chi connectivity index (χ3n) is 4.10. The van der Waals surface area contributed by atoms with Gasteiger partial charge in [-0.05, 0) is 31.0 Å². The second-order valence-electron chi connectivity index (χ2n) is 5.91. The maximum Gasteiger partial charge on any atom is 0.416 e. The molecule has 1 aromatic heterocycles. The zero-order chi connectivity index (χ0) is 18.5. The number of nitrogens with zero attached hydrogens (tertiary/aromatic N) is 2. The van der Waals surface area contributed by atoms with Gasteiger partial charge in [0.2, 0.25) is 5.91 Å². The summed E-state index contributed by atoms with van der Waals surface area (Å²) < 4.78 is 61.5. The summed E-state index contributed by atoms with van der Waals surface area (Å²) in [6.45, 7) is 0. The molecule has 10 heteroatoms. The van der Waals surface area contributed by atoms with Gasteiger partial charge in [-0.2, -0.15) is 18.3 Å². The van der Waals surface area contributed by atoms with Gasteiger partial charge in [0.1, 0.15) is 0 Å². The van der Waals surface area contributed by atoms with Gasteiger partial charge in [0.05, 0.1) is 11.3 Å². The van der Waals surface area contributed by atoms with Gasteiger partial charge in [0.25, 0.3) is 0 Å². The molecule has 1 saturated carbocycles.